The summed E-state index contributed by atoms with van der Waals surface area (Å²) >= 11 is 0. The van der Waals surface area contributed by atoms with E-state index >= 15 is 0 Å². The summed E-state index contributed by atoms with van der Waals surface area (Å²) in [5, 5.41) is 0. The van der Waals surface area contributed by atoms with E-state index in [9.17, 15) is 4.79 Å². The van der Waals surface area contributed by atoms with E-state index in [0.29, 0.717) is 11.8 Å². The predicted molar refractivity (Wildman–Crippen MR) is 57.0 cm³/mol. The smallest absolute Gasteiger partial charge is 0.225 e. The van der Waals surface area contributed by atoms with E-state index in [1.165, 1.54) is 38.5 Å². The maximum atomic E-state index is 12.1. The van der Waals surface area contributed by atoms with Crippen LogP contribution in [0, 0.1) is 5.92 Å². The number of nitrogens with zero attached hydrogens (tertiary/aromatic N) is 1. The van der Waals surface area contributed by atoms with Crippen molar-refractivity contribution in [2.75, 3.05) is 13.1 Å². The molecule has 2 heteroatoms. The quantitative estimate of drug-likeness (QED) is 0.629. The average Bonchev–Trinajstić information content (AvgIpc) is 2.30. The van der Waals surface area contributed by atoms with Crippen LogP contribution in [0.5, 0.6) is 0 Å². The Bertz CT molecular complexity index is 170. The average molecular weight is 195 g/mol. The van der Waals surface area contributed by atoms with Gasteiger partial charge < -0.3 is 4.90 Å². The second-order valence-electron chi connectivity index (χ2n) is 4.72. The molecule has 1 aliphatic heterocycles. The van der Waals surface area contributed by atoms with Crippen LogP contribution in [0.4, 0.5) is 0 Å². The van der Waals surface area contributed by atoms with Gasteiger partial charge in [0.25, 0.3) is 0 Å². The molecule has 1 saturated heterocycles. The van der Waals surface area contributed by atoms with Crippen LogP contribution in [0.15, 0.2) is 0 Å². The number of amides is 1. The van der Waals surface area contributed by atoms with E-state index in [2.05, 4.69) is 4.90 Å². The number of hydrogen-bond acceptors (Lipinski definition) is 1. The molecule has 0 aromatic carbocycles. The van der Waals surface area contributed by atoms with Crippen molar-refractivity contribution in [3.05, 3.63) is 0 Å². The lowest BCUT2D eigenvalue weighted by Gasteiger charge is -2.31. The van der Waals surface area contributed by atoms with Crippen LogP contribution in [0.1, 0.15) is 51.4 Å². The molecule has 1 heterocycles. The first-order chi connectivity index (χ1) is 6.88. The lowest BCUT2D eigenvalue weighted by molar-refractivity contribution is -0.137. The molecule has 0 unspecified atom stereocenters. The fourth-order valence-electron chi connectivity index (χ4n) is 2.72. The van der Waals surface area contributed by atoms with Crippen LogP contribution in [-0.4, -0.2) is 23.9 Å². The van der Waals surface area contributed by atoms with Crippen molar-refractivity contribution in [1.29, 1.82) is 0 Å². The van der Waals surface area contributed by atoms with Gasteiger partial charge >= 0.3 is 0 Å². The Kier molecular flexibility index (Phi) is 3.44. The van der Waals surface area contributed by atoms with E-state index in [-0.39, 0.29) is 0 Å². The predicted octanol–water partition coefficient (Wildman–Crippen LogP) is 2.58. The highest BCUT2D eigenvalue weighted by Gasteiger charge is 2.26. The Morgan fingerprint density at radius 3 is 2.07 bits per heavy atom. The molecular weight excluding hydrogens is 174 g/mol. The molecule has 2 rings (SSSR count). The molecule has 1 saturated carbocycles. The maximum Gasteiger partial charge on any atom is 0.225 e. The van der Waals surface area contributed by atoms with Gasteiger partial charge in [-0.25, -0.2) is 0 Å². The molecule has 2 aliphatic rings. The molecule has 0 aromatic heterocycles. The fourth-order valence-corrected chi connectivity index (χ4v) is 2.72. The van der Waals surface area contributed by atoms with Gasteiger partial charge in [-0.05, 0) is 32.1 Å². The molecule has 0 spiro atoms. The molecule has 1 aliphatic carbocycles. The highest BCUT2D eigenvalue weighted by molar-refractivity contribution is 5.79. The normalized spacial score (nSPS) is 25.0. The lowest BCUT2D eigenvalue weighted by atomic mass is 9.88. The van der Waals surface area contributed by atoms with E-state index in [1.54, 1.807) is 0 Å². The van der Waals surface area contributed by atoms with Crippen molar-refractivity contribution < 1.29 is 4.79 Å². The van der Waals surface area contributed by atoms with Gasteiger partial charge in [-0.2, -0.15) is 0 Å². The Hall–Kier alpha value is -0.530. The lowest BCUT2D eigenvalue weighted by Crippen LogP contribution is -2.40. The third kappa shape index (κ3) is 2.28. The number of piperidine rings is 1. The molecule has 0 radical (unpaired) electrons. The molecule has 2 fully saturated rings. The summed E-state index contributed by atoms with van der Waals surface area (Å²) in [5.41, 5.74) is 0. The Morgan fingerprint density at radius 2 is 1.43 bits per heavy atom. The molecule has 0 bridgehead atoms. The molecule has 14 heavy (non-hydrogen) atoms. The monoisotopic (exact) mass is 195 g/mol. The van der Waals surface area contributed by atoms with Crippen molar-refractivity contribution in [3.8, 4) is 0 Å². The summed E-state index contributed by atoms with van der Waals surface area (Å²) in [6.07, 6.45) is 9.92. The van der Waals surface area contributed by atoms with E-state index < -0.39 is 0 Å². The SMILES string of the molecule is O=C(C1CCCCC1)N1CCCCC1. The zero-order valence-electron chi connectivity index (χ0n) is 9.00. The van der Waals surface area contributed by atoms with Gasteiger partial charge in [0.2, 0.25) is 5.91 Å². The van der Waals surface area contributed by atoms with Crippen molar-refractivity contribution in [2.45, 2.75) is 51.4 Å². The maximum absolute atomic E-state index is 12.1. The first-order valence-corrected chi connectivity index (χ1v) is 6.17. The molecule has 0 aromatic rings. The van der Waals surface area contributed by atoms with Crippen molar-refractivity contribution in [3.63, 3.8) is 0 Å². The number of likely N-dealkylation sites (tertiary alicyclic amines) is 1. The minimum Gasteiger partial charge on any atom is -0.342 e. The number of carbonyl (C=O) groups is 1. The second-order valence-corrected chi connectivity index (χ2v) is 4.72. The van der Waals surface area contributed by atoms with Gasteiger partial charge in [0, 0.05) is 19.0 Å². The van der Waals surface area contributed by atoms with Crippen molar-refractivity contribution in [2.24, 2.45) is 5.92 Å². The van der Waals surface area contributed by atoms with Crippen LogP contribution in [0.2, 0.25) is 0 Å². The van der Waals surface area contributed by atoms with E-state index in [1.807, 2.05) is 0 Å². The van der Waals surface area contributed by atoms with Gasteiger partial charge in [-0.3, -0.25) is 4.79 Å². The molecule has 2 nitrogen and oxygen atoms in total. The summed E-state index contributed by atoms with van der Waals surface area (Å²) < 4.78 is 0. The summed E-state index contributed by atoms with van der Waals surface area (Å²) in [7, 11) is 0. The molecule has 0 atom stereocenters. The van der Waals surface area contributed by atoms with E-state index in [4.69, 9.17) is 0 Å². The molecule has 1 amide bonds. The largest absolute Gasteiger partial charge is 0.342 e. The Morgan fingerprint density at radius 1 is 0.857 bits per heavy atom. The number of hydrogen-bond donors (Lipinski definition) is 0. The highest BCUT2D eigenvalue weighted by atomic mass is 16.2. The van der Waals surface area contributed by atoms with Crippen LogP contribution < -0.4 is 0 Å². The Labute approximate surface area is 86.7 Å². The number of carbonyl (C=O) groups excluding carboxylic acids is 1. The first-order valence-electron chi connectivity index (χ1n) is 6.17. The zero-order valence-corrected chi connectivity index (χ0v) is 9.00. The highest BCUT2D eigenvalue weighted by Crippen LogP contribution is 2.26. The van der Waals surface area contributed by atoms with Crippen LogP contribution in [-0.2, 0) is 4.79 Å². The van der Waals surface area contributed by atoms with Gasteiger partial charge in [0.15, 0.2) is 0 Å². The molecule has 80 valence electrons. The van der Waals surface area contributed by atoms with Crippen molar-refractivity contribution in [1.82, 2.24) is 4.90 Å². The van der Waals surface area contributed by atoms with Gasteiger partial charge in [0.1, 0.15) is 0 Å². The molecular formula is C12H21NO. The van der Waals surface area contributed by atoms with Crippen LogP contribution >= 0.6 is 0 Å². The van der Waals surface area contributed by atoms with Crippen LogP contribution in [0.3, 0.4) is 0 Å². The topological polar surface area (TPSA) is 20.3 Å². The van der Waals surface area contributed by atoms with Gasteiger partial charge in [0.05, 0.1) is 0 Å². The second kappa shape index (κ2) is 4.81. The van der Waals surface area contributed by atoms with Crippen molar-refractivity contribution >= 4 is 5.91 Å². The first kappa shape index (κ1) is 10.0. The van der Waals surface area contributed by atoms with Gasteiger partial charge in [-0.1, -0.05) is 19.3 Å². The minimum atomic E-state index is 0.377. The molecule has 0 N–H and O–H groups in total. The number of rotatable bonds is 1. The van der Waals surface area contributed by atoms with Crippen LogP contribution in [0.25, 0.3) is 0 Å². The van der Waals surface area contributed by atoms with Gasteiger partial charge in [-0.15, -0.1) is 0 Å². The summed E-state index contributed by atoms with van der Waals surface area (Å²) in [5.74, 6) is 0.839. The van der Waals surface area contributed by atoms with E-state index in [0.717, 1.165) is 25.9 Å². The minimum absolute atomic E-state index is 0.377. The fraction of sp³-hybridized carbons (Fsp3) is 0.917. The standard InChI is InChI=1S/C12H21NO/c14-12(11-7-3-1-4-8-11)13-9-5-2-6-10-13/h11H,1-10H2. The zero-order chi connectivity index (χ0) is 9.80. The summed E-state index contributed by atoms with van der Waals surface area (Å²) in [6.45, 7) is 2.05. The third-order valence-corrected chi connectivity index (χ3v) is 3.62. The summed E-state index contributed by atoms with van der Waals surface area (Å²) in [6, 6.07) is 0. The summed E-state index contributed by atoms with van der Waals surface area (Å²) in [4.78, 5) is 14.2. The third-order valence-electron chi connectivity index (χ3n) is 3.62. The Balaban J connectivity index is 1.85.